The number of hydrogen-bond donors (Lipinski definition) is 0. The van der Waals surface area contributed by atoms with Gasteiger partial charge in [0.25, 0.3) is 0 Å². The van der Waals surface area contributed by atoms with Crippen LogP contribution in [0.25, 0.3) is 233 Å². The maximum atomic E-state index is 16.5. The molecule has 0 saturated carbocycles. The quantitative estimate of drug-likeness (QED) is 0.0943. The van der Waals surface area contributed by atoms with Crippen molar-refractivity contribution in [2.24, 2.45) is 0 Å². The number of alkyl halides is 12. The summed E-state index contributed by atoms with van der Waals surface area (Å²) in [5.41, 5.74) is 2.17. The Morgan fingerprint density at radius 2 is 0.493 bits per heavy atom. The molecule has 690 valence electrons. The zero-order valence-electron chi connectivity index (χ0n) is 75.3. The predicted octanol–water partition coefficient (Wildman–Crippen LogP) is 33.8. The van der Waals surface area contributed by atoms with Crippen LogP contribution in [-0.2, 0) is 24.7 Å². The molecule has 0 bridgehead atoms. The number of nitriles is 2. The third-order valence-corrected chi connectivity index (χ3v) is 27.0. The van der Waals surface area contributed by atoms with E-state index in [1.54, 1.807) is 140 Å². The highest BCUT2D eigenvalue weighted by Gasteiger charge is 2.45. The lowest BCUT2D eigenvalue weighted by atomic mass is 9.90. The first kappa shape index (κ1) is 88.2. The Bertz CT molecular complexity index is 9430. The Hall–Kier alpha value is -18.5. The Kier molecular flexibility index (Phi) is 21.0. The molecule has 0 N–H and O–H groups in total. The van der Waals surface area contributed by atoms with E-state index in [2.05, 4.69) is 12.1 Å². The molecule has 10 nitrogen and oxygen atoms in total. The maximum absolute atomic E-state index is 16.5. The number of rotatable bonds is 15. The zero-order chi connectivity index (χ0) is 98.3. The van der Waals surface area contributed by atoms with E-state index in [1.165, 1.54) is 24.3 Å². The molecule has 0 unspecified atom stereocenters. The highest BCUT2D eigenvalue weighted by atomic mass is 19.4. The van der Waals surface area contributed by atoms with E-state index in [4.69, 9.17) is 19.9 Å². The molecule has 22 heteroatoms. The first-order valence-corrected chi connectivity index (χ1v) is 45.9. The topological polar surface area (TPSA) is 119 Å². The summed E-state index contributed by atoms with van der Waals surface area (Å²) in [6.45, 7) is 0. The lowest BCUT2D eigenvalue weighted by molar-refractivity contribution is -0.143. The van der Waals surface area contributed by atoms with Gasteiger partial charge in [-0.25, -0.2) is 19.9 Å². The standard InChI is InChI=1S/C122H68F12N10/c123-119(124,125)92-37-20-38-93(120(126,127)128)116(92)90-67-109(79(69-135)65-113(90)141-105-49-18-15-35-83(105)88-61-75(53-59-106(88)141)99-44-22-41-96(137-99)71-25-5-1-6-26-71)142-107-60-54-76(100-45-23-42-97(138-100)72-27-7-2-8-28-72)62-89(107)115-86(36-19-50-108(115)142)87-57-58-102(74-31-11-4-12-32-74)140-118(87)78-52-56-85-82-34-14-17-48-104(82)144(112(85)64-78)114-66-80(70-136)110(68-91(114)117-94(121(129,130)131)39-21-40-95(117)122(132,133)134)143-103-47-16-13-33-81(103)84-55-51-77(63-111(84)143)101-46-24-43-98(139-101)73-29-9-3-10-30-73/h1-68H. The van der Waals surface area contributed by atoms with Crippen molar-refractivity contribution in [2.45, 2.75) is 24.7 Å². The lowest BCUT2D eigenvalue weighted by Gasteiger charge is -2.24. The van der Waals surface area contributed by atoms with Crippen molar-refractivity contribution in [3.8, 4) is 158 Å². The van der Waals surface area contributed by atoms with Crippen molar-refractivity contribution >= 4 is 87.2 Å². The van der Waals surface area contributed by atoms with Crippen LogP contribution in [0.5, 0.6) is 0 Å². The van der Waals surface area contributed by atoms with Crippen LogP contribution >= 0.6 is 0 Å². The van der Waals surface area contributed by atoms with Crippen molar-refractivity contribution < 1.29 is 52.7 Å². The summed E-state index contributed by atoms with van der Waals surface area (Å²) < 4.78 is 204. The van der Waals surface area contributed by atoms with Crippen LogP contribution in [0.15, 0.2) is 413 Å². The van der Waals surface area contributed by atoms with Gasteiger partial charge >= 0.3 is 24.7 Å². The average molecular weight is 1900 g/mol. The molecule has 8 heterocycles. The van der Waals surface area contributed by atoms with E-state index in [-0.39, 0.29) is 50.6 Å². The van der Waals surface area contributed by atoms with Gasteiger partial charge in [0, 0.05) is 115 Å². The highest BCUT2D eigenvalue weighted by molar-refractivity contribution is 6.19. The predicted molar refractivity (Wildman–Crippen MR) is 544 cm³/mol. The summed E-state index contributed by atoms with van der Waals surface area (Å²) in [6.07, 6.45) is -21.7. The summed E-state index contributed by atoms with van der Waals surface area (Å²) in [4.78, 5) is 20.9. The van der Waals surface area contributed by atoms with Crippen LogP contribution in [0.4, 0.5) is 52.7 Å². The number of benzene rings is 16. The Morgan fingerprint density at radius 3 is 0.910 bits per heavy atom. The van der Waals surface area contributed by atoms with Crippen molar-refractivity contribution in [1.82, 2.24) is 38.2 Å². The highest BCUT2D eigenvalue weighted by Crippen LogP contribution is 2.55. The van der Waals surface area contributed by atoms with E-state index in [0.717, 1.165) is 28.8 Å². The summed E-state index contributed by atoms with van der Waals surface area (Å²) in [5, 5.41) is 28.4. The molecule has 144 heavy (non-hydrogen) atoms. The van der Waals surface area contributed by atoms with Crippen molar-refractivity contribution in [3.63, 3.8) is 0 Å². The normalized spacial score (nSPS) is 12.2. The molecule has 0 radical (unpaired) electrons. The molecule has 0 saturated heterocycles. The molecule has 0 aliphatic carbocycles. The van der Waals surface area contributed by atoms with E-state index in [1.807, 2.05) is 231 Å². The van der Waals surface area contributed by atoms with Crippen LogP contribution in [0.3, 0.4) is 0 Å². The van der Waals surface area contributed by atoms with Crippen LogP contribution in [0.2, 0.25) is 0 Å². The minimum Gasteiger partial charge on any atom is -0.309 e. The molecule has 0 fully saturated rings. The van der Waals surface area contributed by atoms with E-state index < -0.39 is 69.2 Å². The van der Waals surface area contributed by atoms with Crippen LogP contribution in [0, 0.1) is 22.7 Å². The third kappa shape index (κ3) is 15.0. The second kappa shape index (κ2) is 34.2. The molecule has 0 spiro atoms. The number of nitrogens with zero attached hydrogens (tertiary/aromatic N) is 10. The number of aromatic nitrogens is 8. The van der Waals surface area contributed by atoms with E-state index >= 15 is 52.7 Å². The van der Waals surface area contributed by atoms with E-state index in [9.17, 15) is 10.5 Å². The van der Waals surface area contributed by atoms with Crippen LogP contribution < -0.4 is 0 Å². The number of halogens is 12. The van der Waals surface area contributed by atoms with Gasteiger partial charge in [-0.05, 0) is 163 Å². The number of hydrogen-bond acceptors (Lipinski definition) is 6. The van der Waals surface area contributed by atoms with Gasteiger partial charge in [-0.2, -0.15) is 63.2 Å². The molecule has 16 aromatic carbocycles. The molecule has 0 amide bonds. The Labute approximate surface area is 812 Å². The van der Waals surface area contributed by atoms with Crippen molar-refractivity contribution in [3.05, 3.63) is 446 Å². The monoisotopic (exact) mass is 1900 g/mol. The van der Waals surface area contributed by atoms with Gasteiger partial charge in [0.05, 0.1) is 146 Å². The fourth-order valence-corrected chi connectivity index (χ4v) is 20.7. The Balaban J connectivity index is 0.764. The molecule has 0 aliphatic heterocycles. The van der Waals surface area contributed by atoms with Gasteiger partial charge in [-0.1, -0.05) is 255 Å². The zero-order valence-corrected chi connectivity index (χ0v) is 75.3. The number of para-hydroxylation sites is 3. The van der Waals surface area contributed by atoms with E-state index in [0.29, 0.717) is 179 Å². The minimum atomic E-state index is -5.43. The molecule has 24 aromatic rings. The van der Waals surface area contributed by atoms with Crippen LogP contribution in [-0.4, -0.2) is 38.2 Å². The van der Waals surface area contributed by atoms with Gasteiger partial charge in [0.15, 0.2) is 0 Å². The summed E-state index contributed by atoms with van der Waals surface area (Å²) in [7, 11) is 0. The molecule has 8 aromatic heterocycles. The van der Waals surface area contributed by atoms with Gasteiger partial charge in [0.2, 0.25) is 0 Å². The average Bonchev–Trinajstić information content (AvgIpc) is 1.53. The first-order valence-electron chi connectivity index (χ1n) is 45.9. The van der Waals surface area contributed by atoms with Crippen molar-refractivity contribution in [2.75, 3.05) is 0 Å². The first-order chi connectivity index (χ1) is 69.9. The summed E-state index contributed by atoms with van der Waals surface area (Å²) in [6, 6.07) is 120. The summed E-state index contributed by atoms with van der Waals surface area (Å²) >= 11 is 0. The van der Waals surface area contributed by atoms with Crippen LogP contribution in [0.1, 0.15) is 33.4 Å². The second-order valence-corrected chi connectivity index (χ2v) is 35.2. The largest absolute Gasteiger partial charge is 0.417 e. The second-order valence-electron chi connectivity index (χ2n) is 35.2. The van der Waals surface area contributed by atoms with Gasteiger partial charge < -0.3 is 18.3 Å². The van der Waals surface area contributed by atoms with Gasteiger partial charge in [0.1, 0.15) is 12.1 Å². The molecule has 0 atom stereocenters. The molecular formula is C122H68F12N10. The SMILES string of the molecule is N#Cc1cc(-n2c3ccccc3c3ccc(-c4nc(-c5ccccc5)ccc4-c4cccc5c4c4cc(-c6cccc(-c7ccccc7)n6)ccc4n5-c4cc(-c5c(C(F)(F)F)cccc5C(F)(F)F)c(-n5c6ccccc6c6cc(-c7cccc(-c8ccccc8)n7)ccc65)cc4C#N)cc32)c(-c2c(C(F)(F)F)cccc2C(F)(F)F)cc1-n1c2ccccc2c2ccc(-c3cccc(-c4ccccc4)n3)cc21. The maximum Gasteiger partial charge on any atom is 0.417 e. The lowest BCUT2D eigenvalue weighted by Crippen LogP contribution is -2.15. The fraction of sp³-hybridized carbons (Fsp3) is 0.0328. The number of fused-ring (bicyclic) bond motifs is 12. The van der Waals surface area contributed by atoms with Crippen molar-refractivity contribution in [1.29, 1.82) is 10.5 Å². The third-order valence-electron chi connectivity index (χ3n) is 27.0. The van der Waals surface area contributed by atoms with Gasteiger partial charge in [-0.3, -0.25) is 0 Å². The van der Waals surface area contributed by atoms with Gasteiger partial charge in [-0.15, -0.1) is 0 Å². The molecular weight excluding hydrogens is 1830 g/mol. The minimum absolute atomic E-state index is 0.0546. The number of pyridine rings is 4. The smallest absolute Gasteiger partial charge is 0.309 e. The Morgan fingerprint density at radius 1 is 0.194 bits per heavy atom. The molecule has 0 aliphatic rings. The summed E-state index contributed by atoms with van der Waals surface area (Å²) in [5.74, 6) is 0. The fourth-order valence-electron chi connectivity index (χ4n) is 20.7. The molecule has 24 rings (SSSR count).